The molecule has 1 atom stereocenters. The minimum absolute atomic E-state index is 0.299. The number of halogens is 3. The third-order valence-corrected chi connectivity index (χ3v) is 6.17. The molecule has 4 rings (SSSR count). The van der Waals surface area contributed by atoms with Crippen molar-refractivity contribution < 1.29 is 13.2 Å². The highest BCUT2D eigenvalue weighted by Gasteiger charge is 2.29. The maximum Gasteiger partial charge on any atom is 0.393 e. The normalized spacial score (nSPS) is 17.4. The second-order valence-corrected chi connectivity index (χ2v) is 8.75. The molecule has 1 aliphatic heterocycles. The second kappa shape index (κ2) is 10.2. The standard InChI is InChI=1S/C15H18F3N3S.C7H9N/c1-10-3-2-5-21(6-4-10)13-12-7-11(8-15(16,17)18)22-14(12)20-9-19-13;8-6-7-4-2-1-3-5-7/h7,9-10H,2-6,8H2,1H3;1-5H,6,8H2/t10-;/m0./s1. The van der Waals surface area contributed by atoms with Crippen molar-refractivity contribution in [3.63, 3.8) is 0 Å². The number of nitrogens with zero attached hydrogens (tertiary/aromatic N) is 3. The predicted octanol–water partition coefficient (Wildman–Crippen LogP) is 5.57. The van der Waals surface area contributed by atoms with Crippen molar-refractivity contribution in [2.24, 2.45) is 11.7 Å². The van der Waals surface area contributed by atoms with Gasteiger partial charge >= 0.3 is 6.18 Å². The monoisotopic (exact) mass is 436 g/mol. The van der Waals surface area contributed by atoms with Crippen LogP contribution in [-0.2, 0) is 13.0 Å². The summed E-state index contributed by atoms with van der Waals surface area (Å²) in [4.78, 5) is 11.6. The Labute approximate surface area is 178 Å². The quantitative estimate of drug-likeness (QED) is 0.583. The largest absolute Gasteiger partial charge is 0.393 e. The zero-order valence-electron chi connectivity index (χ0n) is 17.0. The van der Waals surface area contributed by atoms with Crippen LogP contribution >= 0.6 is 11.3 Å². The first-order chi connectivity index (χ1) is 14.4. The average Bonchev–Trinajstić information content (AvgIpc) is 2.99. The third kappa shape index (κ3) is 6.40. The Bertz CT molecular complexity index is 927. The van der Waals surface area contributed by atoms with Gasteiger partial charge in [-0.2, -0.15) is 13.2 Å². The molecule has 0 bridgehead atoms. The summed E-state index contributed by atoms with van der Waals surface area (Å²) in [5.41, 5.74) is 6.54. The first-order valence-electron chi connectivity index (χ1n) is 10.1. The van der Waals surface area contributed by atoms with Crippen LogP contribution in [-0.4, -0.2) is 29.2 Å². The fourth-order valence-electron chi connectivity index (χ4n) is 3.52. The van der Waals surface area contributed by atoms with Gasteiger partial charge in [0.25, 0.3) is 0 Å². The summed E-state index contributed by atoms with van der Waals surface area (Å²) in [5.74, 6) is 1.47. The van der Waals surface area contributed by atoms with Crippen molar-refractivity contribution in [2.75, 3.05) is 18.0 Å². The molecule has 1 aromatic carbocycles. The maximum absolute atomic E-state index is 12.6. The number of aromatic nitrogens is 2. The Kier molecular flexibility index (Phi) is 7.66. The lowest BCUT2D eigenvalue weighted by Crippen LogP contribution is -2.25. The highest BCUT2D eigenvalue weighted by molar-refractivity contribution is 7.18. The summed E-state index contributed by atoms with van der Waals surface area (Å²) in [5, 5.41) is 0.751. The van der Waals surface area contributed by atoms with E-state index in [1.807, 2.05) is 30.3 Å². The number of nitrogens with two attached hydrogens (primary N) is 1. The van der Waals surface area contributed by atoms with Gasteiger partial charge in [0.2, 0.25) is 0 Å². The fourth-order valence-corrected chi connectivity index (χ4v) is 4.54. The molecule has 30 heavy (non-hydrogen) atoms. The van der Waals surface area contributed by atoms with E-state index in [0.29, 0.717) is 22.2 Å². The number of anilines is 1. The minimum atomic E-state index is -4.19. The van der Waals surface area contributed by atoms with Crippen LogP contribution in [0.2, 0.25) is 0 Å². The Morgan fingerprint density at radius 2 is 1.90 bits per heavy atom. The smallest absolute Gasteiger partial charge is 0.356 e. The molecule has 0 saturated carbocycles. The van der Waals surface area contributed by atoms with Crippen LogP contribution in [0.3, 0.4) is 0 Å². The van der Waals surface area contributed by atoms with Crippen LogP contribution in [0, 0.1) is 5.92 Å². The molecular formula is C22H27F3N4S. The van der Waals surface area contributed by atoms with Crippen LogP contribution < -0.4 is 10.6 Å². The van der Waals surface area contributed by atoms with Crippen molar-refractivity contribution in [1.82, 2.24) is 9.97 Å². The van der Waals surface area contributed by atoms with E-state index in [4.69, 9.17) is 5.73 Å². The lowest BCUT2D eigenvalue weighted by Gasteiger charge is -2.21. The first kappa shape index (κ1) is 22.5. The summed E-state index contributed by atoms with van der Waals surface area (Å²) in [7, 11) is 0. The van der Waals surface area contributed by atoms with Crippen LogP contribution in [0.15, 0.2) is 42.7 Å². The van der Waals surface area contributed by atoms with Gasteiger partial charge in [0.05, 0.1) is 11.8 Å². The molecule has 0 spiro atoms. The summed E-state index contributed by atoms with van der Waals surface area (Å²) in [6.45, 7) is 4.69. The third-order valence-electron chi connectivity index (χ3n) is 5.13. The highest BCUT2D eigenvalue weighted by Crippen LogP contribution is 2.34. The SMILES string of the molecule is C[C@H]1CCCN(c2ncnc3sc(CC(F)(F)F)cc23)CC1.NCc1ccccc1. The van der Waals surface area contributed by atoms with Crippen LogP contribution in [0.1, 0.15) is 36.6 Å². The average molecular weight is 437 g/mol. The Hall–Kier alpha value is -2.19. The minimum Gasteiger partial charge on any atom is -0.356 e. The van der Waals surface area contributed by atoms with Gasteiger partial charge in [0.15, 0.2) is 0 Å². The van der Waals surface area contributed by atoms with Gasteiger partial charge in [-0.1, -0.05) is 37.3 Å². The molecule has 2 N–H and O–H groups in total. The Morgan fingerprint density at radius 3 is 2.57 bits per heavy atom. The number of alkyl halides is 3. The van der Waals surface area contributed by atoms with E-state index >= 15 is 0 Å². The van der Waals surface area contributed by atoms with E-state index in [2.05, 4.69) is 21.8 Å². The van der Waals surface area contributed by atoms with Gasteiger partial charge < -0.3 is 10.6 Å². The van der Waals surface area contributed by atoms with Gasteiger partial charge in [-0.3, -0.25) is 0 Å². The summed E-state index contributed by atoms with van der Waals surface area (Å²) >= 11 is 1.11. The van der Waals surface area contributed by atoms with Gasteiger partial charge in [-0.15, -0.1) is 11.3 Å². The van der Waals surface area contributed by atoms with Crippen molar-refractivity contribution >= 4 is 27.4 Å². The number of fused-ring (bicyclic) bond motifs is 1. The number of hydrogen-bond acceptors (Lipinski definition) is 5. The molecule has 162 valence electrons. The van der Waals surface area contributed by atoms with Gasteiger partial charge in [0.1, 0.15) is 17.0 Å². The molecule has 3 aromatic rings. The van der Waals surface area contributed by atoms with Crippen LogP contribution in [0.25, 0.3) is 10.2 Å². The molecular weight excluding hydrogens is 409 g/mol. The molecule has 0 radical (unpaired) electrons. The van der Waals surface area contributed by atoms with Gasteiger partial charge in [-0.05, 0) is 36.8 Å². The number of benzene rings is 1. The van der Waals surface area contributed by atoms with Crippen LogP contribution in [0.4, 0.5) is 19.0 Å². The maximum atomic E-state index is 12.6. The molecule has 2 aromatic heterocycles. The van der Waals surface area contributed by atoms with Crippen molar-refractivity contribution in [3.8, 4) is 0 Å². The molecule has 0 aliphatic carbocycles. The molecule has 0 amide bonds. The van der Waals surface area contributed by atoms with E-state index in [0.717, 1.165) is 48.5 Å². The zero-order valence-corrected chi connectivity index (χ0v) is 17.8. The predicted molar refractivity (Wildman–Crippen MR) is 117 cm³/mol. The Balaban J connectivity index is 0.000000269. The highest BCUT2D eigenvalue weighted by atomic mass is 32.1. The molecule has 1 aliphatic rings. The second-order valence-electron chi connectivity index (χ2n) is 7.63. The van der Waals surface area contributed by atoms with E-state index in [9.17, 15) is 13.2 Å². The zero-order chi connectivity index (χ0) is 21.6. The first-order valence-corrected chi connectivity index (χ1v) is 11.0. The molecule has 8 heteroatoms. The van der Waals surface area contributed by atoms with Gasteiger partial charge in [-0.25, -0.2) is 9.97 Å². The summed E-state index contributed by atoms with van der Waals surface area (Å²) in [6, 6.07) is 11.6. The topological polar surface area (TPSA) is 55.0 Å². The van der Waals surface area contributed by atoms with E-state index < -0.39 is 12.6 Å². The van der Waals surface area contributed by atoms with E-state index in [1.54, 1.807) is 6.07 Å². The van der Waals surface area contributed by atoms with E-state index in [-0.39, 0.29) is 0 Å². The number of hydrogen-bond donors (Lipinski definition) is 1. The molecule has 4 nitrogen and oxygen atoms in total. The lowest BCUT2D eigenvalue weighted by atomic mass is 10.0. The van der Waals surface area contributed by atoms with Crippen molar-refractivity contribution in [3.05, 3.63) is 53.2 Å². The van der Waals surface area contributed by atoms with Crippen molar-refractivity contribution in [2.45, 2.75) is 45.3 Å². The van der Waals surface area contributed by atoms with Crippen LogP contribution in [0.5, 0.6) is 0 Å². The fraction of sp³-hybridized carbons (Fsp3) is 0.455. The number of thiophene rings is 1. The summed E-state index contributed by atoms with van der Waals surface area (Å²) in [6.07, 6.45) is -0.262. The van der Waals surface area contributed by atoms with E-state index in [1.165, 1.54) is 18.3 Å². The molecule has 1 fully saturated rings. The number of rotatable bonds is 3. The van der Waals surface area contributed by atoms with Crippen molar-refractivity contribution in [1.29, 1.82) is 0 Å². The Morgan fingerprint density at radius 1 is 1.13 bits per heavy atom. The molecule has 0 unspecified atom stereocenters. The molecule has 3 heterocycles. The molecule has 1 saturated heterocycles. The summed E-state index contributed by atoms with van der Waals surface area (Å²) < 4.78 is 37.7. The lowest BCUT2D eigenvalue weighted by molar-refractivity contribution is -0.126. The van der Waals surface area contributed by atoms with Gasteiger partial charge in [0, 0.05) is 24.5 Å².